The van der Waals surface area contributed by atoms with E-state index in [1.54, 1.807) is 17.5 Å². The van der Waals surface area contributed by atoms with Gasteiger partial charge in [0.15, 0.2) is 5.13 Å². The van der Waals surface area contributed by atoms with E-state index in [0.717, 1.165) is 45.0 Å². The van der Waals surface area contributed by atoms with Crippen molar-refractivity contribution in [3.63, 3.8) is 0 Å². The molecule has 6 heteroatoms. The summed E-state index contributed by atoms with van der Waals surface area (Å²) in [4.78, 5) is 14.6. The van der Waals surface area contributed by atoms with Crippen LogP contribution in [0.15, 0.2) is 28.3 Å². The lowest BCUT2D eigenvalue weighted by Crippen LogP contribution is -2.21. The zero-order chi connectivity index (χ0) is 14.1. The summed E-state index contributed by atoms with van der Waals surface area (Å²) in [7, 11) is 0. The third kappa shape index (κ3) is 2.33. The number of aromatic amines is 1. The number of aromatic nitrogens is 3. The van der Waals surface area contributed by atoms with Crippen molar-refractivity contribution in [1.29, 1.82) is 0 Å². The average molecular weight is 351 g/mol. The molecule has 0 aromatic carbocycles. The van der Waals surface area contributed by atoms with Gasteiger partial charge in [-0.2, -0.15) is 0 Å². The normalized spacial score (nSPS) is 11.2. The van der Waals surface area contributed by atoms with Gasteiger partial charge in [-0.15, -0.1) is 11.3 Å². The largest absolute Gasteiger partial charge is 0.349 e. The molecule has 0 aliphatic rings. The van der Waals surface area contributed by atoms with Crippen molar-refractivity contribution < 1.29 is 0 Å². The molecule has 0 bridgehead atoms. The molecule has 4 nitrogen and oxygen atoms in total. The summed E-state index contributed by atoms with van der Waals surface area (Å²) in [6.07, 6.45) is 3.77. The van der Waals surface area contributed by atoms with Crippen molar-refractivity contribution in [2.75, 3.05) is 18.0 Å². The predicted octanol–water partition coefficient (Wildman–Crippen LogP) is 4.30. The molecule has 104 valence electrons. The maximum atomic E-state index is 4.76. The first-order valence-corrected chi connectivity index (χ1v) is 8.23. The van der Waals surface area contributed by atoms with Gasteiger partial charge in [0.25, 0.3) is 0 Å². The summed E-state index contributed by atoms with van der Waals surface area (Å²) >= 11 is 5.16. The number of hydrogen-bond acceptors (Lipinski definition) is 4. The number of nitrogens with one attached hydrogen (secondary N) is 1. The number of halogens is 1. The smallest absolute Gasteiger partial charge is 0.185 e. The van der Waals surface area contributed by atoms with Crippen molar-refractivity contribution in [1.82, 2.24) is 15.0 Å². The molecule has 0 spiro atoms. The minimum atomic E-state index is 0.889. The molecule has 0 saturated carbocycles. The maximum Gasteiger partial charge on any atom is 0.185 e. The topological polar surface area (TPSA) is 44.8 Å². The standard InChI is InChI=1S/C14H15BrN4S/c1-3-19(4-2)14-18-12(8-20-14)11-7-17-13-10(11)5-9(15)6-16-13/h5-8H,3-4H2,1-2H3,(H,16,17). The second-order valence-electron chi connectivity index (χ2n) is 4.44. The fraction of sp³-hybridized carbons (Fsp3) is 0.286. The molecule has 20 heavy (non-hydrogen) atoms. The Hall–Kier alpha value is -1.40. The van der Waals surface area contributed by atoms with Gasteiger partial charge >= 0.3 is 0 Å². The summed E-state index contributed by atoms with van der Waals surface area (Å²) in [5.41, 5.74) is 2.99. The summed E-state index contributed by atoms with van der Waals surface area (Å²) in [5, 5.41) is 4.27. The molecule has 0 amide bonds. The molecule has 0 atom stereocenters. The maximum absolute atomic E-state index is 4.76. The van der Waals surface area contributed by atoms with E-state index in [2.05, 4.69) is 56.1 Å². The molecule has 3 heterocycles. The Labute approximate surface area is 130 Å². The van der Waals surface area contributed by atoms with Crippen LogP contribution in [0.5, 0.6) is 0 Å². The molecule has 0 radical (unpaired) electrons. The molecule has 0 fully saturated rings. The number of anilines is 1. The Kier molecular flexibility index (Phi) is 3.76. The first-order valence-electron chi connectivity index (χ1n) is 6.56. The van der Waals surface area contributed by atoms with Crippen LogP contribution in [0.1, 0.15) is 13.8 Å². The van der Waals surface area contributed by atoms with Crippen LogP contribution in [0.3, 0.4) is 0 Å². The second kappa shape index (κ2) is 5.54. The van der Waals surface area contributed by atoms with Gasteiger partial charge in [0.1, 0.15) is 5.65 Å². The van der Waals surface area contributed by atoms with E-state index in [4.69, 9.17) is 4.98 Å². The van der Waals surface area contributed by atoms with E-state index >= 15 is 0 Å². The zero-order valence-electron chi connectivity index (χ0n) is 11.4. The van der Waals surface area contributed by atoms with E-state index in [1.165, 1.54) is 0 Å². The van der Waals surface area contributed by atoms with Gasteiger partial charge in [0.05, 0.1) is 5.69 Å². The monoisotopic (exact) mass is 350 g/mol. The van der Waals surface area contributed by atoms with Gasteiger partial charge < -0.3 is 9.88 Å². The number of fused-ring (bicyclic) bond motifs is 1. The molecule has 0 aliphatic carbocycles. The van der Waals surface area contributed by atoms with Gasteiger partial charge in [-0.25, -0.2) is 9.97 Å². The highest BCUT2D eigenvalue weighted by Gasteiger charge is 2.13. The van der Waals surface area contributed by atoms with Gasteiger partial charge in [-0.3, -0.25) is 0 Å². The van der Waals surface area contributed by atoms with Crippen molar-refractivity contribution in [3.05, 3.63) is 28.3 Å². The summed E-state index contributed by atoms with van der Waals surface area (Å²) in [6.45, 7) is 6.25. The van der Waals surface area contributed by atoms with Crippen molar-refractivity contribution in [2.24, 2.45) is 0 Å². The lowest BCUT2D eigenvalue weighted by atomic mass is 10.2. The Bertz CT molecular complexity index is 730. The van der Waals surface area contributed by atoms with E-state index in [1.807, 2.05) is 6.20 Å². The van der Waals surface area contributed by atoms with Crippen LogP contribution in [0.25, 0.3) is 22.3 Å². The minimum Gasteiger partial charge on any atom is -0.349 e. The highest BCUT2D eigenvalue weighted by Crippen LogP contribution is 2.32. The highest BCUT2D eigenvalue weighted by molar-refractivity contribution is 9.10. The molecule has 3 aromatic rings. The third-order valence-corrected chi connectivity index (χ3v) is 4.63. The predicted molar refractivity (Wildman–Crippen MR) is 88.5 cm³/mol. The van der Waals surface area contributed by atoms with Crippen molar-refractivity contribution in [2.45, 2.75) is 13.8 Å². The van der Waals surface area contributed by atoms with Crippen LogP contribution >= 0.6 is 27.3 Å². The first kappa shape index (κ1) is 13.6. The van der Waals surface area contributed by atoms with Crippen LogP contribution < -0.4 is 4.90 Å². The van der Waals surface area contributed by atoms with E-state index in [0.29, 0.717) is 0 Å². The Morgan fingerprint density at radius 3 is 2.90 bits per heavy atom. The summed E-state index contributed by atoms with van der Waals surface area (Å²) < 4.78 is 0.977. The van der Waals surface area contributed by atoms with Crippen LogP contribution in [0.4, 0.5) is 5.13 Å². The fourth-order valence-corrected chi connectivity index (χ4v) is 3.50. The average Bonchev–Trinajstić information content (AvgIpc) is 3.06. The molecular formula is C14H15BrN4S. The number of thiazole rings is 1. The van der Waals surface area contributed by atoms with Crippen molar-refractivity contribution >= 4 is 43.4 Å². The molecule has 0 saturated heterocycles. The first-order chi connectivity index (χ1) is 9.72. The molecule has 3 rings (SSSR count). The minimum absolute atomic E-state index is 0.889. The van der Waals surface area contributed by atoms with Gasteiger partial charge in [0, 0.05) is 46.3 Å². The van der Waals surface area contributed by atoms with E-state index < -0.39 is 0 Å². The zero-order valence-corrected chi connectivity index (χ0v) is 13.8. The van der Waals surface area contributed by atoms with Crippen LogP contribution in [-0.2, 0) is 0 Å². The molecule has 1 N–H and O–H groups in total. The number of H-pyrrole nitrogens is 1. The van der Waals surface area contributed by atoms with Crippen LogP contribution in [-0.4, -0.2) is 28.0 Å². The molecule has 3 aromatic heterocycles. The number of pyridine rings is 1. The molecular weight excluding hydrogens is 336 g/mol. The van der Waals surface area contributed by atoms with Crippen LogP contribution in [0, 0.1) is 0 Å². The highest BCUT2D eigenvalue weighted by atomic mass is 79.9. The Balaban J connectivity index is 2.05. The Morgan fingerprint density at radius 1 is 1.35 bits per heavy atom. The summed E-state index contributed by atoms with van der Waals surface area (Å²) in [6, 6.07) is 2.07. The lowest BCUT2D eigenvalue weighted by Gasteiger charge is -2.16. The van der Waals surface area contributed by atoms with Gasteiger partial charge in [-0.1, -0.05) is 0 Å². The van der Waals surface area contributed by atoms with E-state index in [9.17, 15) is 0 Å². The van der Waals surface area contributed by atoms with Gasteiger partial charge in [-0.05, 0) is 35.8 Å². The van der Waals surface area contributed by atoms with Gasteiger partial charge in [0.2, 0.25) is 0 Å². The van der Waals surface area contributed by atoms with Crippen LogP contribution in [0.2, 0.25) is 0 Å². The number of nitrogens with zero attached hydrogens (tertiary/aromatic N) is 3. The lowest BCUT2D eigenvalue weighted by molar-refractivity contribution is 0.860. The SMILES string of the molecule is CCN(CC)c1nc(-c2c[nH]c3ncc(Br)cc23)cs1. The molecule has 0 unspecified atom stereocenters. The summed E-state index contributed by atoms with van der Waals surface area (Å²) in [5.74, 6) is 0. The Morgan fingerprint density at radius 2 is 2.15 bits per heavy atom. The molecule has 0 aliphatic heterocycles. The van der Waals surface area contributed by atoms with E-state index in [-0.39, 0.29) is 0 Å². The quantitative estimate of drug-likeness (QED) is 0.762. The third-order valence-electron chi connectivity index (χ3n) is 3.30. The van der Waals surface area contributed by atoms with Crippen molar-refractivity contribution in [3.8, 4) is 11.3 Å². The number of rotatable bonds is 4. The fourth-order valence-electron chi connectivity index (χ4n) is 2.22. The second-order valence-corrected chi connectivity index (χ2v) is 6.19. The number of hydrogen-bond donors (Lipinski definition) is 1.